The van der Waals surface area contributed by atoms with E-state index in [1.165, 1.54) is 11.9 Å². The second kappa shape index (κ2) is 10.6. The fourth-order valence-corrected chi connectivity index (χ4v) is 4.49. The van der Waals surface area contributed by atoms with Gasteiger partial charge in [-0.1, -0.05) is 41.9 Å². The van der Waals surface area contributed by atoms with Gasteiger partial charge in [0.05, 0.1) is 24.5 Å². The van der Waals surface area contributed by atoms with Crippen LogP contribution in [0.4, 0.5) is 13.6 Å². The third-order valence-electron chi connectivity index (χ3n) is 5.80. The molecule has 0 bridgehead atoms. The van der Waals surface area contributed by atoms with Crippen molar-refractivity contribution in [2.75, 3.05) is 20.2 Å². The number of likely N-dealkylation sites (N-methyl/N-ethyl adjacent to an activating group) is 1. The van der Waals surface area contributed by atoms with Crippen molar-refractivity contribution < 1.29 is 28.2 Å². The highest BCUT2D eigenvalue weighted by Gasteiger charge is 2.43. The Balaban J connectivity index is 1.90. The van der Waals surface area contributed by atoms with Gasteiger partial charge in [-0.25, -0.2) is 9.78 Å². The van der Waals surface area contributed by atoms with Crippen LogP contribution in [0.2, 0.25) is 0 Å². The van der Waals surface area contributed by atoms with E-state index in [1.807, 2.05) is 24.3 Å². The number of benzene rings is 1. The van der Waals surface area contributed by atoms with Gasteiger partial charge in [-0.05, 0) is 30.0 Å². The molecule has 0 spiro atoms. The Morgan fingerprint density at radius 3 is 2.58 bits per heavy atom. The number of H-pyrrole nitrogens is 1. The molecule has 33 heavy (non-hydrogen) atoms. The van der Waals surface area contributed by atoms with Gasteiger partial charge in [0.1, 0.15) is 11.9 Å². The van der Waals surface area contributed by atoms with E-state index in [0.29, 0.717) is 12.2 Å². The number of amides is 2. The molecule has 3 atom stereocenters. The van der Waals surface area contributed by atoms with Crippen molar-refractivity contribution in [2.45, 2.75) is 39.0 Å². The maximum atomic E-state index is 13.5. The van der Waals surface area contributed by atoms with E-state index < -0.39 is 24.8 Å². The monoisotopic (exact) mass is 528 g/mol. The van der Waals surface area contributed by atoms with Crippen molar-refractivity contribution in [3.8, 4) is 11.3 Å². The van der Waals surface area contributed by atoms with Gasteiger partial charge in [0.15, 0.2) is 0 Å². The van der Waals surface area contributed by atoms with Gasteiger partial charge >= 0.3 is 12.7 Å². The normalized spacial score (nSPS) is 19.3. The number of aromatic amines is 1. The third kappa shape index (κ3) is 5.89. The number of nitrogens with zero attached hydrogens (tertiary/aromatic N) is 3. The summed E-state index contributed by atoms with van der Waals surface area (Å²) in [5.74, 6) is -0.495. The van der Waals surface area contributed by atoms with Crippen LogP contribution in [0, 0.1) is 11.8 Å². The number of alkyl halides is 2. The molecule has 3 rings (SSSR count). The molecule has 2 heterocycles. The van der Waals surface area contributed by atoms with Gasteiger partial charge in [0.25, 0.3) is 0 Å². The van der Waals surface area contributed by atoms with Gasteiger partial charge in [-0.15, -0.1) is 0 Å². The second-order valence-corrected chi connectivity index (χ2v) is 9.39. The number of ether oxygens (including phenoxy) is 1. The van der Waals surface area contributed by atoms with Crippen molar-refractivity contribution in [3.63, 3.8) is 0 Å². The summed E-state index contributed by atoms with van der Waals surface area (Å²) in [6.07, 6.45) is 0.812. The summed E-state index contributed by atoms with van der Waals surface area (Å²) < 4.78 is 30.7. The molecule has 0 aliphatic carbocycles. The van der Waals surface area contributed by atoms with Crippen LogP contribution >= 0.6 is 15.9 Å². The number of hydrogen-bond donors (Lipinski definition) is 2. The van der Waals surface area contributed by atoms with E-state index in [1.54, 1.807) is 20.0 Å². The second-order valence-electron chi connectivity index (χ2n) is 8.47. The molecule has 8 nitrogen and oxygen atoms in total. The lowest BCUT2D eigenvalue weighted by atomic mass is 10.0. The molecule has 2 amide bonds. The van der Waals surface area contributed by atoms with Crippen molar-refractivity contribution in [1.29, 1.82) is 0 Å². The first-order chi connectivity index (χ1) is 15.6. The standard InChI is InChI=1S/C22H27BrF2N4O4/c1-12(2)18(28(3)22(31)32)20(30)29-10-13(11-33-21(24)25)8-17(29)19-26-9-16(27-19)14-4-6-15(23)7-5-14/h4-7,9,12-13,17-18,21H,8,10-11H2,1-3H3,(H,26,27)(H,31,32). The maximum Gasteiger partial charge on any atom is 0.407 e. The van der Waals surface area contributed by atoms with E-state index in [-0.39, 0.29) is 30.9 Å². The van der Waals surface area contributed by atoms with Gasteiger partial charge in [-0.2, -0.15) is 8.78 Å². The summed E-state index contributed by atoms with van der Waals surface area (Å²) in [4.78, 5) is 35.3. The van der Waals surface area contributed by atoms with E-state index >= 15 is 0 Å². The molecule has 1 aliphatic rings. The lowest BCUT2D eigenvalue weighted by Gasteiger charge is -2.33. The van der Waals surface area contributed by atoms with Crippen LogP contribution in [0.25, 0.3) is 11.3 Å². The average Bonchev–Trinajstić information content (AvgIpc) is 3.39. The van der Waals surface area contributed by atoms with Gasteiger partial charge in [0, 0.05) is 24.0 Å². The number of likely N-dealkylation sites (tertiary alicyclic amines) is 1. The van der Waals surface area contributed by atoms with E-state index in [9.17, 15) is 23.5 Å². The first kappa shape index (κ1) is 25.1. The highest BCUT2D eigenvalue weighted by Crippen LogP contribution is 2.37. The zero-order chi connectivity index (χ0) is 24.3. The predicted octanol–water partition coefficient (Wildman–Crippen LogP) is 4.60. The average molecular weight is 529 g/mol. The minimum Gasteiger partial charge on any atom is -0.465 e. The first-order valence-electron chi connectivity index (χ1n) is 10.5. The van der Waals surface area contributed by atoms with Crippen LogP contribution in [0.5, 0.6) is 0 Å². The third-order valence-corrected chi connectivity index (χ3v) is 6.33. The SMILES string of the molecule is CC(C)C(C(=O)N1CC(COC(F)F)CC1c1ncc(-c2ccc(Br)cc2)[nH]1)N(C)C(=O)O. The molecule has 3 unspecified atom stereocenters. The van der Waals surface area contributed by atoms with Crippen molar-refractivity contribution in [1.82, 2.24) is 19.8 Å². The Labute approximate surface area is 199 Å². The molecule has 1 aliphatic heterocycles. The van der Waals surface area contributed by atoms with E-state index in [0.717, 1.165) is 20.6 Å². The number of halogens is 3. The largest absolute Gasteiger partial charge is 0.465 e. The molecule has 1 fully saturated rings. The highest BCUT2D eigenvalue weighted by molar-refractivity contribution is 9.10. The van der Waals surface area contributed by atoms with Crippen LogP contribution in [0.3, 0.4) is 0 Å². The summed E-state index contributed by atoms with van der Waals surface area (Å²) in [5, 5.41) is 9.45. The molecule has 0 saturated carbocycles. The Hall–Kier alpha value is -2.53. The number of carbonyl (C=O) groups is 2. The lowest BCUT2D eigenvalue weighted by molar-refractivity contribution is -0.141. The lowest BCUT2D eigenvalue weighted by Crippen LogP contribution is -2.51. The van der Waals surface area contributed by atoms with Crippen molar-refractivity contribution in [3.05, 3.63) is 40.8 Å². The van der Waals surface area contributed by atoms with Crippen LogP contribution in [-0.4, -0.2) is 69.7 Å². The highest BCUT2D eigenvalue weighted by atomic mass is 79.9. The molecule has 1 aromatic heterocycles. The van der Waals surface area contributed by atoms with Crippen LogP contribution in [-0.2, 0) is 9.53 Å². The number of imidazole rings is 1. The van der Waals surface area contributed by atoms with Crippen LogP contribution < -0.4 is 0 Å². The fraction of sp³-hybridized carbons (Fsp3) is 0.500. The maximum absolute atomic E-state index is 13.5. The quantitative estimate of drug-likeness (QED) is 0.521. The molecular weight excluding hydrogens is 502 g/mol. The molecular formula is C22H27BrF2N4O4. The fourth-order valence-electron chi connectivity index (χ4n) is 4.22. The molecule has 11 heteroatoms. The minimum absolute atomic E-state index is 0.168. The topological polar surface area (TPSA) is 98.8 Å². The summed E-state index contributed by atoms with van der Waals surface area (Å²) in [5.41, 5.74) is 1.65. The zero-order valence-electron chi connectivity index (χ0n) is 18.5. The number of carboxylic acid groups (broad SMARTS) is 1. The zero-order valence-corrected chi connectivity index (χ0v) is 20.1. The summed E-state index contributed by atoms with van der Waals surface area (Å²) >= 11 is 3.40. The van der Waals surface area contributed by atoms with E-state index in [2.05, 4.69) is 30.6 Å². The number of rotatable bonds is 8. The molecule has 0 radical (unpaired) electrons. The Kier molecular flexibility index (Phi) is 8.06. The van der Waals surface area contributed by atoms with Crippen molar-refractivity contribution >= 4 is 27.9 Å². The summed E-state index contributed by atoms with van der Waals surface area (Å²) in [6, 6.07) is 6.18. The number of hydrogen-bond acceptors (Lipinski definition) is 4. The molecule has 2 aromatic rings. The first-order valence-corrected chi connectivity index (χ1v) is 11.3. The number of carbonyl (C=O) groups excluding carboxylic acids is 1. The van der Waals surface area contributed by atoms with Gasteiger partial charge in [-0.3, -0.25) is 9.69 Å². The van der Waals surface area contributed by atoms with Crippen molar-refractivity contribution in [2.24, 2.45) is 11.8 Å². The molecule has 180 valence electrons. The molecule has 1 aromatic carbocycles. The molecule has 2 N–H and O–H groups in total. The van der Waals surface area contributed by atoms with Crippen LogP contribution in [0.15, 0.2) is 34.9 Å². The summed E-state index contributed by atoms with van der Waals surface area (Å²) in [7, 11) is 1.35. The van der Waals surface area contributed by atoms with Crippen LogP contribution in [0.1, 0.15) is 32.1 Å². The Bertz CT molecular complexity index is 970. The Morgan fingerprint density at radius 1 is 1.33 bits per heavy atom. The minimum atomic E-state index is -2.90. The van der Waals surface area contributed by atoms with E-state index in [4.69, 9.17) is 0 Å². The van der Waals surface area contributed by atoms with Gasteiger partial charge < -0.3 is 19.7 Å². The summed E-state index contributed by atoms with van der Waals surface area (Å²) in [6.45, 7) is 0.592. The smallest absolute Gasteiger partial charge is 0.407 e. The molecule has 1 saturated heterocycles. The number of nitrogens with one attached hydrogen (secondary N) is 1. The Morgan fingerprint density at radius 2 is 2.00 bits per heavy atom. The predicted molar refractivity (Wildman–Crippen MR) is 121 cm³/mol. The van der Waals surface area contributed by atoms with Gasteiger partial charge in [0.2, 0.25) is 5.91 Å². The number of aromatic nitrogens is 2.